The van der Waals surface area contributed by atoms with Gasteiger partial charge in [-0.3, -0.25) is 4.98 Å². The Bertz CT molecular complexity index is 289. The number of ether oxygens (including phenoxy) is 1. The predicted octanol–water partition coefficient (Wildman–Crippen LogP) is 2.88. The van der Waals surface area contributed by atoms with E-state index in [-0.39, 0.29) is 5.75 Å². The summed E-state index contributed by atoms with van der Waals surface area (Å²) in [6.07, 6.45) is -2.19. The summed E-state index contributed by atoms with van der Waals surface area (Å²) in [5, 5.41) is 0.440. The third-order valence-corrected chi connectivity index (χ3v) is 1.81. The van der Waals surface area contributed by atoms with Gasteiger partial charge in [0, 0.05) is 11.5 Å². The van der Waals surface area contributed by atoms with Gasteiger partial charge in [0.15, 0.2) is 0 Å². The molecule has 1 aromatic rings. The summed E-state index contributed by atoms with van der Waals surface area (Å²) in [4.78, 5) is 3.58. The topological polar surface area (TPSA) is 22.1 Å². The Morgan fingerprint density at radius 2 is 2.08 bits per heavy atom. The van der Waals surface area contributed by atoms with E-state index in [1.54, 1.807) is 0 Å². The molecule has 0 spiro atoms. The van der Waals surface area contributed by atoms with Crippen LogP contribution in [0.5, 0.6) is 5.75 Å². The van der Waals surface area contributed by atoms with Crippen LogP contribution in [0.25, 0.3) is 0 Å². The average Bonchev–Trinajstić information content (AvgIpc) is 2.01. The van der Waals surface area contributed by atoms with Crippen LogP contribution >= 0.6 is 15.9 Å². The molecule has 6 heteroatoms. The number of pyridine rings is 1. The highest BCUT2D eigenvalue weighted by Gasteiger charge is 2.31. The van der Waals surface area contributed by atoms with E-state index in [1.165, 1.54) is 12.3 Å². The summed E-state index contributed by atoms with van der Waals surface area (Å²) in [6.45, 7) is 0. The minimum Gasteiger partial charge on any atom is -0.404 e. The summed E-state index contributed by atoms with van der Waals surface area (Å²) in [7, 11) is 0. The van der Waals surface area contributed by atoms with Crippen LogP contribution in [0, 0.1) is 0 Å². The highest BCUT2D eigenvalue weighted by Crippen LogP contribution is 2.22. The van der Waals surface area contributed by atoms with E-state index in [0.717, 1.165) is 6.20 Å². The second-order valence-electron chi connectivity index (χ2n) is 2.21. The minimum absolute atomic E-state index is 0.301. The largest absolute Gasteiger partial charge is 0.573 e. The van der Waals surface area contributed by atoms with Crippen molar-refractivity contribution < 1.29 is 17.9 Å². The third-order valence-electron chi connectivity index (χ3n) is 1.16. The molecule has 0 fully saturated rings. The van der Waals surface area contributed by atoms with E-state index in [9.17, 15) is 13.2 Å². The second kappa shape index (κ2) is 3.95. The molecule has 0 amide bonds. The fraction of sp³-hybridized carbons (Fsp3) is 0.286. The maximum atomic E-state index is 11.7. The van der Waals surface area contributed by atoms with E-state index >= 15 is 0 Å². The van der Waals surface area contributed by atoms with Crippen LogP contribution in [0.15, 0.2) is 18.5 Å². The monoisotopic (exact) mass is 255 g/mol. The number of hydrogen-bond donors (Lipinski definition) is 0. The van der Waals surface area contributed by atoms with Crippen LogP contribution in [-0.2, 0) is 5.33 Å². The molecule has 13 heavy (non-hydrogen) atoms. The Kier molecular flexibility index (Phi) is 3.13. The van der Waals surface area contributed by atoms with Gasteiger partial charge in [0.05, 0.1) is 6.20 Å². The second-order valence-corrected chi connectivity index (χ2v) is 2.77. The number of halogens is 4. The number of hydrogen-bond acceptors (Lipinski definition) is 2. The first-order chi connectivity index (χ1) is 6.01. The van der Waals surface area contributed by atoms with Crippen molar-refractivity contribution in [2.75, 3.05) is 0 Å². The SMILES string of the molecule is FC(F)(F)Oc1cncc(CBr)c1. The Morgan fingerprint density at radius 3 is 2.62 bits per heavy atom. The van der Waals surface area contributed by atoms with Crippen LogP contribution in [0.3, 0.4) is 0 Å². The molecule has 72 valence electrons. The van der Waals surface area contributed by atoms with Gasteiger partial charge in [0.25, 0.3) is 0 Å². The van der Waals surface area contributed by atoms with Crippen molar-refractivity contribution in [1.29, 1.82) is 0 Å². The third kappa shape index (κ3) is 3.63. The van der Waals surface area contributed by atoms with E-state index < -0.39 is 6.36 Å². The van der Waals surface area contributed by atoms with Gasteiger partial charge in [0.1, 0.15) is 5.75 Å². The molecular weight excluding hydrogens is 251 g/mol. The maximum Gasteiger partial charge on any atom is 0.573 e. The molecule has 0 saturated heterocycles. The Hall–Kier alpha value is -0.780. The molecule has 0 aliphatic rings. The molecule has 1 rings (SSSR count). The predicted molar refractivity (Wildman–Crippen MR) is 43.6 cm³/mol. The van der Waals surface area contributed by atoms with E-state index in [4.69, 9.17) is 0 Å². The zero-order chi connectivity index (χ0) is 9.90. The molecule has 0 N–H and O–H groups in total. The van der Waals surface area contributed by atoms with Crippen LogP contribution < -0.4 is 4.74 Å². The van der Waals surface area contributed by atoms with Crippen molar-refractivity contribution in [3.05, 3.63) is 24.0 Å². The standard InChI is InChI=1S/C7H5BrF3NO/c8-2-5-1-6(4-12-3-5)13-7(9,10)11/h1,3-4H,2H2. The lowest BCUT2D eigenvalue weighted by atomic mass is 10.3. The van der Waals surface area contributed by atoms with Gasteiger partial charge in [0.2, 0.25) is 0 Å². The quantitative estimate of drug-likeness (QED) is 0.759. The van der Waals surface area contributed by atoms with Gasteiger partial charge < -0.3 is 4.74 Å². The summed E-state index contributed by atoms with van der Waals surface area (Å²) >= 11 is 3.09. The van der Waals surface area contributed by atoms with Crippen molar-refractivity contribution in [1.82, 2.24) is 4.98 Å². The average molecular weight is 256 g/mol. The van der Waals surface area contributed by atoms with Crippen molar-refractivity contribution in [3.63, 3.8) is 0 Å². The Labute approximate surface area is 80.9 Å². The maximum absolute atomic E-state index is 11.7. The molecule has 0 aromatic carbocycles. The highest BCUT2D eigenvalue weighted by molar-refractivity contribution is 9.08. The smallest absolute Gasteiger partial charge is 0.404 e. The van der Waals surface area contributed by atoms with Crippen LogP contribution in [0.4, 0.5) is 13.2 Å². The summed E-state index contributed by atoms with van der Waals surface area (Å²) in [5.41, 5.74) is 0.627. The molecule has 1 aromatic heterocycles. The number of alkyl halides is 4. The normalized spacial score (nSPS) is 11.4. The Morgan fingerprint density at radius 1 is 1.38 bits per heavy atom. The number of rotatable bonds is 2. The molecule has 0 aliphatic carbocycles. The van der Waals surface area contributed by atoms with Crippen molar-refractivity contribution in [2.24, 2.45) is 0 Å². The van der Waals surface area contributed by atoms with Gasteiger partial charge in [-0.05, 0) is 11.6 Å². The molecule has 1 heterocycles. The zero-order valence-corrected chi connectivity index (χ0v) is 7.89. The lowest BCUT2D eigenvalue weighted by Gasteiger charge is -2.08. The minimum atomic E-state index is -4.66. The molecule has 0 saturated carbocycles. The number of nitrogens with zero attached hydrogens (tertiary/aromatic N) is 1. The fourth-order valence-electron chi connectivity index (χ4n) is 0.726. The summed E-state index contributed by atoms with van der Waals surface area (Å²) in [5.74, 6) is -0.301. The molecule has 0 atom stereocenters. The summed E-state index contributed by atoms with van der Waals surface area (Å²) in [6, 6.07) is 1.27. The van der Waals surface area contributed by atoms with Crippen molar-refractivity contribution >= 4 is 15.9 Å². The van der Waals surface area contributed by atoms with Crippen molar-refractivity contribution in [3.8, 4) is 5.75 Å². The molecule has 2 nitrogen and oxygen atoms in total. The van der Waals surface area contributed by atoms with Gasteiger partial charge in [-0.15, -0.1) is 13.2 Å². The molecule has 0 radical (unpaired) electrons. The molecular formula is C7H5BrF3NO. The van der Waals surface area contributed by atoms with Gasteiger partial charge in [-0.2, -0.15) is 0 Å². The number of aromatic nitrogens is 1. The molecule has 0 unspecified atom stereocenters. The molecule has 0 aliphatic heterocycles. The zero-order valence-electron chi connectivity index (χ0n) is 6.31. The van der Waals surface area contributed by atoms with Crippen LogP contribution in [0.1, 0.15) is 5.56 Å². The van der Waals surface area contributed by atoms with E-state index in [2.05, 4.69) is 25.7 Å². The van der Waals surface area contributed by atoms with E-state index in [0.29, 0.717) is 10.9 Å². The lowest BCUT2D eigenvalue weighted by molar-refractivity contribution is -0.274. The fourth-order valence-corrected chi connectivity index (χ4v) is 1.03. The Balaban J connectivity index is 2.78. The first-order valence-corrected chi connectivity index (χ1v) is 4.39. The summed E-state index contributed by atoms with van der Waals surface area (Å²) < 4.78 is 38.8. The molecule has 0 bridgehead atoms. The van der Waals surface area contributed by atoms with Crippen molar-refractivity contribution in [2.45, 2.75) is 11.7 Å². The first kappa shape index (κ1) is 10.3. The van der Waals surface area contributed by atoms with Crippen LogP contribution in [0.2, 0.25) is 0 Å². The van der Waals surface area contributed by atoms with Gasteiger partial charge in [-0.25, -0.2) is 0 Å². The lowest BCUT2D eigenvalue weighted by Crippen LogP contribution is -2.17. The highest BCUT2D eigenvalue weighted by atomic mass is 79.9. The van der Waals surface area contributed by atoms with Gasteiger partial charge in [-0.1, -0.05) is 15.9 Å². The van der Waals surface area contributed by atoms with E-state index in [1.807, 2.05) is 0 Å². The van der Waals surface area contributed by atoms with Gasteiger partial charge >= 0.3 is 6.36 Å². The van der Waals surface area contributed by atoms with Crippen LogP contribution in [-0.4, -0.2) is 11.3 Å². The first-order valence-electron chi connectivity index (χ1n) is 3.27.